The van der Waals surface area contributed by atoms with Crippen LogP contribution in [0.3, 0.4) is 0 Å². The van der Waals surface area contributed by atoms with E-state index < -0.39 is 0 Å². The van der Waals surface area contributed by atoms with Crippen molar-refractivity contribution in [3.63, 3.8) is 0 Å². The Hall–Kier alpha value is -1.15. The zero-order valence-electron chi connectivity index (χ0n) is 9.86. The molecule has 1 saturated heterocycles. The molecule has 2 nitrogen and oxygen atoms in total. The largest absolute Gasteiger partial charge is 0.298 e. The fraction of sp³-hybridized carbons (Fsp3) is 0.500. The first-order chi connectivity index (χ1) is 7.79. The molecule has 0 bridgehead atoms. The maximum Gasteiger partial charge on any atom is 0.151 e. The fourth-order valence-corrected chi connectivity index (χ4v) is 2.51. The van der Waals surface area contributed by atoms with Crippen LogP contribution in [0.25, 0.3) is 0 Å². The summed E-state index contributed by atoms with van der Waals surface area (Å²) >= 11 is 0. The lowest BCUT2D eigenvalue weighted by Crippen LogP contribution is -2.37. The Morgan fingerprint density at radius 3 is 2.31 bits per heavy atom. The number of Topliss-reactive ketones (excluding diaryl/α,β-unsaturated/α-hetero) is 1. The third-order valence-electron chi connectivity index (χ3n) is 3.26. The van der Waals surface area contributed by atoms with Crippen molar-refractivity contribution >= 4 is 5.78 Å². The summed E-state index contributed by atoms with van der Waals surface area (Å²) in [6.45, 7) is 3.81. The van der Waals surface area contributed by atoms with Crippen LogP contribution in [0.15, 0.2) is 30.3 Å². The van der Waals surface area contributed by atoms with Crippen molar-refractivity contribution in [3.8, 4) is 0 Å². The summed E-state index contributed by atoms with van der Waals surface area (Å²) < 4.78 is 0. The molecule has 1 unspecified atom stereocenters. The van der Waals surface area contributed by atoms with Crippen molar-refractivity contribution in [2.75, 3.05) is 13.1 Å². The quantitative estimate of drug-likeness (QED) is 0.776. The number of piperidine rings is 1. The second kappa shape index (κ2) is 5.26. The van der Waals surface area contributed by atoms with Gasteiger partial charge in [-0.05, 0) is 38.4 Å². The third kappa shape index (κ3) is 2.50. The average Bonchev–Trinajstić information content (AvgIpc) is 2.31. The Labute approximate surface area is 97.3 Å². The van der Waals surface area contributed by atoms with E-state index in [1.54, 1.807) is 6.92 Å². The lowest BCUT2D eigenvalue weighted by atomic mass is 9.99. The van der Waals surface area contributed by atoms with E-state index in [9.17, 15) is 4.79 Å². The van der Waals surface area contributed by atoms with E-state index in [2.05, 4.69) is 17.0 Å². The Bertz CT molecular complexity index is 341. The van der Waals surface area contributed by atoms with Crippen LogP contribution >= 0.6 is 0 Å². The number of benzene rings is 1. The number of likely N-dealkylation sites (tertiary alicyclic amines) is 1. The van der Waals surface area contributed by atoms with E-state index in [0.29, 0.717) is 0 Å². The summed E-state index contributed by atoms with van der Waals surface area (Å²) in [4.78, 5) is 14.1. The molecule has 86 valence electrons. The number of rotatable bonds is 3. The second-order valence-corrected chi connectivity index (χ2v) is 4.52. The number of carbonyl (C=O) groups is 1. The number of carbonyl (C=O) groups excluding carboxylic acids is 1. The van der Waals surface area contributed by atoms with Crippen LogP contribution in [0.2, 0.25) is 0 Å². The van der Waals surface area contributed by atoms with Crippen molar-refractivity contribution in [2.45, 2.75) is 32.2 Å². The van der Waals surface area contributed by atoms with Gasteiger partial charge in [-0.15, -0.1) is 0 Å². The molecule has 0 aliphatic carbocycles. The minimum atomic E-state index is -0.0264. The van der Waals surface area contributed by atoms with Crippen molar-refractivity contribution < 1.29 is 4.79 Å². The third-order valence-corrected chi connectivity index (χ3v) is 3.26. The van der Waals surface area contributed by atoms with Crippen LogP contribution in [0.1, 0.15) is 37.8 Å². The van der Waals surface area contributed by atoms with Crippen LogP contribution in [-0.4, -0.2) is 23.8 Å². The molecule has 1 aromatic rings. The monoisotopic (exact) mass is 217 g/mol. The highest BCUT2D eigenvalue weighted by atomic mass is 16.1. The maximum atomic E-state index is 11.8. The molecule has 2 rings (SSSR count). The first-order valence-corrected chi connectivity index (χ1v) is 6.08. The van der Waals surface area contributed by atoms with Crippen LogP contribution in [0.4, 0.5) is 0 Å². The molecule has 2 heteroatoms. The Morgan fingerprint density at radius 2 is 1.75 bits per heavy atom. The topological polar surface area (TPSA) is 20.3 Å². The average molecular weight is 217 g/mol. The molecule has 0 saturated carbocycles. The van der Waals surface area contributed by atoms with E-state index in [1.807, 2.05) is 18.2 Å². The SMILES string of the molecule is CC(=O)C(c1ccccc1)N1CCCCC1. The van der Waals surface area contributed by atoms with Gasteiger partial charge in [-0.25, -0.2) is 0 Å². The Kier molecular flexibility index (Phi) is 3.73. The summed E-state index contributed by atoms with van der Waals surface area (Å²) in [5, 5.41) is 0. The van der Waals surface area contributed by atoms with Gasteiger partial charge in [-0.1, -0.05) is 36.8 Å². The molecule has 0 radical (unpaired) electrons. The zero-order chi connectivity index (χ0) is 11.4. The first kappa shape index (κ1) is 11.3. The van der Waals surface area contributed by atoms with Crippen molar-refractivity contribution in [1.82, 2.24) is 4.90 Å². The lowest BCUT2D eigenvalue weighted by Gasteiger charge is -2.33. The molecule has 1 aliphatic rings. The maximum absolute atomic E-state index is 11.8. The molecule has 0 N–H and O–H groups in total. The van der Waals surface area contributed by atoms with E-state index in [0.717, 1.165) is 18.7 Å². The van der Waals surface area contributed by atoms with Gasteiger partial charge in [0.05, 0.1) is 6.04 Å². The molecular formula is C14H19NO. The molecule has 0 aromatic heterocycles. The van der Waals surface area contributed by atoms with E-state index >= 15 is 0 Å². The van der Waals surface area contributed by atoms with E-state index in [1.165, 1.54) is 19.3 Å². The minimum Gasteiger partial charge on any atom is -0.298 e. The highest BCUT2D eigenvalue weighted by molar-refractivity contribution is 5.82. The molecule has 1 aliphatic heterocycles. The molecular weight excluding hydrogens is 198 g/mol. The predicted molar refractivity (Wildman–Crippen MR) is 65.3 cm³/mol. The molecule has 16 heavy (non-hydrogen) atoms. The number of nitrogens with zero attached hydrogens (tertiary/aromatic N) is 1. The van der Waals surface area contributed by atoms with Crippen molar-refractivity contribution in [1.29, 1.82) is 0 Å². The molecule has 0 amide bonds. The summed E-state index contributed by atoms with van der Waals surface area (Å²) in [6, 6.07) is 10.1. The first-order valence-electron chi connectivity index (χ1n) is 6.08. The van der Waals surface area contributed by atoms with Crippen molar-refractivity contribution in [3.05, 3.63) is 35.9 Å². The van der Waals surface area contributed by atoms with Crippen molar-refractivity contribution in [2.24, 2.45) is 0 Å². The van der Waals surface area contributed by atoms with Gasteiger partial charge in [0.25, 0.3) is 0 Å². The number of ketones is 1. The van der Waals surface area contributed by atoms with Gasteiger partial charge in [0.2, 0.25) is 0 Å². The van der Waals surface area contributed by atoms with Crippen LogP contribution < -0.4 is 0 Å². The molecule has 1 atom stereocenters. The van der Waals surface area contributed by atoms with Gasteiger partial charge in [0.1, 0.15) is 0 Å². The highest BCUT2D eigenvalue weighted by Crippen LogP contribution is 2.25. The lowest BCUT2D eigenvalue weighted by molar-refractivity contribution is -0.122. The zero-order valence-corrected chi connectivity index (χ0v) is 9.86. The summed E-state index contributed by atoms with van der Waals surface area (Å²) in [7, 11) is 0. The van der Waals surface area contributed by atoms with E-state index in [-0.39, 0.29) is 11.8 Å². The standard InChI is InChI=1S/C14H19NO/c1-12(16)14(13-8-4-2-5-9-13)15-10-6-3-7-11-15/h2,4-5,8-9,14H,3,6-7,10-11H2,1H3. The predicted octanol–water partition coefficient (Wildman–Crippen LogP) is 2.80. The summed E-state index contributed by atoms with van der Waals surface area (Å²) in [5.41, 5.74) is 1.14. The highest BCUT2D eigenvalue weighted by Gasteiger charge is 2.25. The van der Waals surface area contributed by atoms with Gasteiger partial charge in [-0.3, -0.25) is 9.69 Å². The normalized spacial score (nSPS) is 19.3. The van der Waals surface area contributed by atoms with Crippen LogP contribution in [0, 0.1) is 0 Å². The molecule has 1 fully saturated rings. The minimum absolute atomic E-state index is 0.0264. The second-order valence-electron chi connectivity index (χ2n) is 4.52. The van der Waals surface area contributed by atoms with Gasteiger partial charge in [0.15, 0.2) is 5.78 Å². The van der Waals surface area contributed by atoms with Gasteiger partial charge < -0.3 is 0 Å². The van der Waals surface area contributed by atoms with Gasteiger partial charge in [-0.2, -0.15) is 0 Å². The molecule has 1 aromatic carbocycles. The van der Waals surface area contributed by atoms with Crippen LogP contribution in [0.5, 0.6) is 0 Å². The molecule has 0 spiro atoms. The van der Waals surface area contributed by atoms with E-state index in [4.69, 9.17) is 0 Å². The van der Waals surface area contributed by atoms with Crippen LogP contribution in [-0.2, 0) is 4.79 Å². The fourth-order valence-electron chi connectivity index (χ4n) is 2.51. The smallest absolute Gasteiger partial charge is 0.151 e. The summed E-state index contributed by atoms with van der Waals surface area (Å²) in [5.74, 6) is 0.258. The number of hydrogen-bond donors (Lipinski definition) is 0. The number of hydrogen-bond acceptors (Lipinski definition) is 2. The van der Waals surface area contributed by atoms with Gasteiger partial charge >= 0.3 is 0 Å². The van der Waals surface area contributed by atoms with Gasteiger partial charge in [0, 0.05) is 0 Å². The molecule has 1 heterocycles. The summed E-state index contributed by atoms with van der Waals surface area (Å²) in [6.07, 6.45) is 3.74. The Balaban J connectivity index is 2.20. The Morgan fingerprint density at radius 1 is 1.12 bits per heavy atom.